The summed E-state index contributed by atoms with van der Waals surface area (Å²) in [5.41, 5.74) is 2.26. The first-order valence-electron chi connectivity index (χ1n) is 13.0. The van der Waals surface area contributed by atoms with Gasteiger partial charge in [-0.25, -0.2) is 0 Å². The fourth-order valence-electron chi connectivity index (χ4n) is 6.67. The Kier molecular flexibility index (Phi) is 6.81. The topological polar surface area (TPSA) is 144 Å². The van der Waals surface area contributed by atoms with Crippen molar-refractivity contribution >= 4 is 66.6 Å². The highest BCUT2D eigenvalue weighted by Crippen LogP contribution is 2.57. The SMILES string of the molecule is COc1cc([C@H]2C3=CC[C@@H]4C(=O)N(c5ccc([N+](=O)[O-])cc5)C(=O)[C@@H]4[C@@H]3CC3=C2C(=O)C(C)=CC3=O)c(Br)c(Br)c1O. The molecule has 2 aromatic rings. The normalized spacial score (nSPS) is 25.1. The molecule has 1 aliphatic heterocycles. The second-order valence-corrected chi connectivity index (χ2v) is 12.2. The molecule has 10 nitrogen and oxygen atoms in total. The molecule has 4 atom stereocenters. The molecule has 0 bridgehead atoms. The summed E-state index contributed by atoms with van der Waals surface area (Å²) in [6, 6.07) is 6.83. The van der Waals surface area contributed by atoms with E-state index < -0.39 is 40.4 Å². The monoisotopic (exact) mass is 696 g/mol. The van der Waals surface area contributed by atoms with Crippen LogP contribution < -0.4 is 9.64 Å². The van der Waals surface area contributed by atoms with Gasteiger partial charge in [0.1, 0.15) is 0 Å². The average molecular weight is 698 g/mol. The molecular weight excluding hydrogens is 676 g/mol. The van der Waals surface area contributed by atoms with E-state index in [1.54, 1.807) is 13.0 Å². The van der Waals surface area contributed by atoms with Gasteiger partial charge in [0.15, 0.2) is 23.1 Å². The number of ether oxygens (including phenoxy) is 1. The van der Waals surface area contributed by atoms with Crippen LogP contribution in [-0.4, -0.2) is 40.5 Å². The van der Waals surface area contributed by atoms with Crippen molar-refractivity contribution in [3.05, 3.63) is 89.4 Å². The van der Waals surface area contributed by atoms with Gasteiger partial charge in [-0.2, -0.15) is 0 Å². The Hall–Kier alpha value is -3.90. The third kappa shape index (κ3) is 4.03. The van der Waals surface area contributed by atoms with E-state index in [1.165, 1.54) is 37.5 Å². The van der Waals surface area contributed by atoms with Crippen molar-refractivity contribution < 1.29 is 33.9 Å². The zero-order valence-electron chi connectivity index (χ0n) is 22.2. The largest absolute Gasteiger partial charge is 0.503 e. The minimum absolute atomic E-state index is 0.105. The minimum Gasteiger partial charge on any atom is -0.503 e. The summed E-state index contributed by atoms with van der Waals surface area (Å²) in [7, 11) is 1.40. The van der Waals surface area contributed by atoms with E-state index in [2.05, 4.69) is 31.9 Å². The van der Waals surface area contributed by atoms with Crippen molar-refractivity contribution in [2.75, 3.05) is 12.0 Å². The number of ketones is 2. The lowest BCUT2D eigenvalue weighted by atomic mass is 9.59. The summed E-state index contributed by atoms with van der Waals surface area (Å²) in [6.45, 7) is 1.59. The second-order valence-electron chi connectivity index (χ2n) is 10.7. The molecule has 0 spiro atoms. The summed E-state index contributed by atoms with van der Waals surface area (Å²) in [6.07, 6.45) is 3.53. The van der Waals surface area contributed by atoms with Gasteiger partial charge < -0.3 is 9.84 Å². The number of nitro benzene ring substituents is 1. The van der Waals surface area contributed by atoms with Crippen LogP contribution in [0.25, 0.3) is 0 Å². The van der Waals surface area contributed by atoms with E-state index in [9.17, 15) is 34.4 Å². The number of amides is 2. The Morgan fingerprint density at radius 3 is 2.38 bits per heavy atom. The van der Waals surface area contributed by atoms with Crippen molar-refractivity contribution in [3.8, 4) is 11.5 Å². The van der Waals surface area contributed by atoms with E-state index >= 15 is 0 Å². The van der Waals surface area contributed by atoms with E-state index in [1.807, 2.05) is 6.08 Å². The van der Waals surface area contributed by atoms with Gasteiger partial charge in [-0.1, -0.05) is 11.6 Å². The summed E-state index contributed by atoms with van der Waals surface area (Å²) >= 11 is 6.94. The van der Waals surface area contributed by atoms with Crippen molar-refractivity contribution in [3.63, 3.8) is 0 Å². The quantitative estimate of drug-likeness (QED) is 0.146. The number of methoxy groups -OCH3 is 1. The van der Waals surface area contributed by atoms with E-state index in [-0.39, 0.29) is 47.3 Å². The fourth-order valence-corrected chi connectivity index (χ4v) is 7.63. The number of phenolic OH excluding ortho intramolecular Hbond substituents is 1. The third-order valence-electron chi connectivity index (χ3n) is 8.59. The number of nitrogens with zero attached hydrogens (tertiary/aromatic N) is 2. The van der Waals surface area contributed by atoms with Crippen LogP contribution in [0, 0.1) is 27.9 Å². The standard InChI is InChI=1S/C30H22Br2N2O8/c1-12-9-20(35)18-10-17-15(22(24(18)27(12)36)19-11-21(42-2)28(37)26(32)25(19)31)7-8-16-23(17)30(39)33(29(16)38)13-3-5-14(6-4-13)34(40)41/h3-7,9,11,16-17,22-23,37H,8,10H2,1-2H3/t16-,17+,22+,23-/m0/s1. The number of hydrogen-bond donors (Lipinski definition) is 1. The van der Waals surface area contributed by atoms with Crippen LogP contribution in [0.4, 0.5) is 11.4 Å². The zero-order valence-corrected chi connectivity index (χ0v) is 25.4. The van der Waals surface area contributed by atoms with Crippen molar-refractivity contribution in [1.82, 2.24) is 0 Å². The summed E-state index contributed by atoms with van der Waals surface area (Å²) in [5, 5.41) is 21.7. The highest BCUT2D eigenvalue weighted by atomic mass is 79.9. The first kappa shape index (κ1) is 28.2. The number of benzene rings is 2. The van der Waals surface area contributed by atoms with Gasteiger partial charge in [0.25, 0.3) is 5.69 Å². The molecule has 1 saturated heterocycles. The number of phenols is 1. The molecule has 0 aromatic heterocycles. The Morgan fingerprint density at radius 2 is 1.74 bits per heavy atom. The van der Waals surface area contributed by atoms with Gasteiger partial charge in [0.05, 0.1) is 34.0 Å². The number of hydrogen-bond acceptors (Lipinski definition) is 8. The zero-order chi connectivity index (χ0) is 30.2. The Bertz CT molecular complexity index is 1740. The molecule has 0 saturated carbocycles. The number of fused-ring (bicyclic) bond motifs is 3. The van der Waals surface area contributed by atoms with Crippen LogP contribution in [0.3, 0.4) is 0 Å². The van der Waals surface area contributed by atoms with E-state index in [0.29, 0.717) is 31.2 Å². The number of rotatable bonds is 4. The molecular formula is C30H22Br2N2O8. The molecule has 0 radical (unpaired) electrons. The predicted octanol–water partition coefficient (Wildman–Crippen LogP) is 5.47. The molecule has 6 rings (SSSR count). The maximum absolute atomic E-state index is 14.0. The van der Waals surface area contributed by atoms with Gasteiger partial charge in [-0.05, 0) is 87.4 Å². The van der Waals surface area contributed by atoms with Crippen LogP contribution in [0.2, 0.25) is 0 Å². The number of allylic oxidation sites excluding steroid dienone is 6. The van der Waals surface area contributed by atoms with Crippen molar-refractivity contribution in [2.24, 2.45) is 17.8 Å². The van der Waals surface area contributed by atoms with Gasteiger partial charge in [-0.15, -0.1) is 0 Å². The van der Waals surface area contributed by atoms with Crippen LogP contribution in [0.5, 0.6) is 11.5 Å². The molecule has 1 fully saturated rings. The molecule has 214 valence electrons. The Balaban J connectivity index is 1.50. The van der Waals surface area contributed by atoms with Gasteiger partial charge in [0.2, 0.25) is 11.8 Å². The molecule has 3 aliphatic carbocycles. The smallest absolute Gasteiger partial charge is 0.269 e. The van der Waals surface area contributed by atoms with Gasteiger partial charge in [0, 0.05) is 39.2 Å². The number of halogens is 2. The molecule has 1 heterocycles. The van der Waals surface area contributed by atoms with Crippen LogP contribution in [-0.2, 0) is 19.2 Å². The number of aromatic hydroxyl groups is 1. The number of anilines is 1. The first-order chi connectivity index (χ1) is 20.0. The predicted molar refractivity (Wildman–Crippen MR) is 157 cm³/mol. The number of non-ortho nitro benzene ring substituents is 1. The first-order valence-corrected chi connectivity index (χ1v) is 14.6. The van der Waals surface area contributed by atoms with Crippen LogP contribution >= 0.6 is 31.9 Å². The summed E-state index contributed by atoms with van der Waals surface area (Å²) in [5.74, 6) is -4.30. The van der Waals surface area contributed by atoms with Gasteiger partial charge in [-0.3, -0.25) is 34.2 Å². The van der Waals surface area contributed by atoms with Crippen LogP contribution in [0.15, 0.2) is 73.7 Å². The Labute approximate surface area is 256 Å². The molecule has 0 unspecified atom stereocenters. The van der Waals surface area contributed by atoms with Crippen LogP contribution in [0.1, 0.15) is 31.2 Å². The maximum Gasteiger partial charge on any atom is 0.269 e. The number of carbonyl (C=O) groups excluding carboxylic acids is 4. The second kappa shape index (κ2) is 10.1. The summed E-state index contributed by atoms with van der Waals surface area (Å²) in [4.78, 5) is 66.2. The lowest BCUT2D eigenvalue weighted by Gasteiger charge is -2.42. The molecule has 2 aromatic carbocycles. The molecule has 4 aliphatic rings. The number of Topliss-reactive ketones (excluding diaryl/α,β-unsaturated/α-hetero) is 1. The number of imide groups is 1. The van der Waals surface area contributed by atoms with Crippen molar-refractivity contribution in [2.45, 2.75) is 25.7 Å². The highest BCUT2D eigenvalue weighted by Gasteiger charge is 2.57. The number of carbonyl (C=O) groups is 4. The third-order valence-corrected chi connectivity index (χ3v) is 10.7. The molecule has 2 amide bonds. The molecule has 1 N–H and O–H groups in total. The minimum atomic E-state index is -0.805. The number of nitro groups is 1. The Morgan fingerprint density at radius 1 is 1.05 bits per heavy atom. The lowest BCUT2D eigenvalue weighted by Crippen LogP contribution is -2.40. The average Bonchev–Trinajstić information content (AvgIpc) is 3.23. The maximum atomic E-state index is 14.0. The van der Waals surface area contributed by atoms with Crippen molar-refractivity contribution in [1.29, 1.82) is 0 Å². The highest BCUT2D eigenvalue weighted by molar-refractivity contribution is 9.13. The summed E-state index contributed by atoms with van der Waals surface area (Å²) < 4.78 is 6.15. The lowest BCUT2D eigenvalue weighted by molar-refractivity contribution is -0.384. The van der Waals surface area contributed by atoms with Gasteiger partial charge >= 0.3 is 0 Å². The molecule has 42 heavy (non-hydrogen) atoms. The van der Waals surface area contributed by atoms with E-state index in [0.717, 1.165) is 10.5 Å². The van der Waals surface area contributed by atoms with E-state index in [4.69, 9.17) is 4.74 Å². The fraction of sp³-hybridized carbons (Fsp3) is 0.267. The molecule has 12 heteroatoms.